The summed E-state index contributed by atoms with van der Waals surface area (Å²) in [5.41, 5.74) is 0. The fourth-order valence-corrected chi connectivity index (χ4v) is 3.56. The predicted octanol–water partition coefficient (Wildman–Crippen LogP) is 1.15. The highest BCUT2D eigenvalue weighted by molar-refractivity contribution is 5.78. The van der Waals surface area contributed by atoms with E-state index in [2.05, 4.69) is 25.5 Å². The van der Waals surface area contributed by atoms with Gasteiger partial charge in [-0.05, 0) is 12.8 Å². The van der Waals surface area contributed by atoms with Crippen molar-refractivity contribution < 1.29 is 9.59 Å². The molecule has 1 aliphatic heterocycles. The number of carbonyl (C=O) groups excluding carboxylic acids is 2. The standard InChI is InChI=1S/C18H28N6O2/c25-17(6-7-21-18(26)22-15-4-2-1-3-5-15)24-12-10-23(11-13-24)16-14-19-8-9-20-16/h8-9,14-15H,1-7,10-13H2,(H2,21,22,26). The molecule has 0 unspecified atom stereocenters. The van der Waals surface area contributed by atoms with Gasteiger partial charge < -0.3 is 20.4 Å². The average Bonchev–Trinajstić information content (AvgIpc) is 2.69. The van der Waals surface area contributed by atoms with Gasteiger partial charge in [0.15, 0.2) is 0 Å². The van der Waals surface area contributed by atoms with Gasteiger partial charge in [-0.2, -0.15) is 0 Å². The number of nitrogens with one attached hydrogen (secondary N) is 2. The molecule has 0 bridgehead atoms. The van der Waals surface area contributed by atoms with Gasteiger partial charge in [-0.1, -0.05) is 19.3 Å². The molecule has 1 aromatic heterocycles. The van der Waals surface area contributed by atoms with Crippen LogP contribution in [0, 0.1) is 0 Å². The minimum absolute atomic E-state index is 0.0850. The van der Waals surface area contributed by atoms with Crippen molar-refractivity contribution in [2.24, 2.45) is 0 Å². The lowest BCUT2D eigenvalue weighted by Gasteiger charge is -2.35. The minimum atomic E-state index is -0.155. The molecule has 2 fully saturated rings. The maximum Gasteiger partial charge on any atom is 0.315 e. The Hall–Kier alpha value is -2.38. The van der Waals surface area contributed by atoms with Gasteiger partial charge >= 0.3 is 6.03 Å². The van der Waals surface area contributed by atoms with Crippen molar-refractivity contribution in [3.63, 3.8) is 0 Å². The highest BCUT2D eigenvalue weighted by Crippen LogP contribution is 2.17. The van der Waals surface area contributed by atoms with Crippen molar-refractivity contribution >= 4 is 17.8 Å². The Morgan fingerprint density at radius 1 is 1.08 bits per heavy atom. The van der Waals surface area contributed by atoms with E-state index in [0.717, 1.165) is 31.7 Å². The molecule has 0 radical (unpaired) electrons. The summed E-state index contributed by atoms with van der Waals surface area (Å²) in [6.07, 6.45) is 11.2. The van der Waals surface area contributed by atoms with Crippen molar-refractivity contribution in [1.82, 2.24) is 25.5 Å². The van der Waals surface area contributed by atoms with Crippen LogP contribution in [0.4, 0.5) is 10.6 Å². The van der Waals surface area contributed by atoms with Gasteiger partial charge in [0.05, 0.1) is 6.20 Å². The Morgan fingerprint density at radius 2 is 1.85 bits per heavy atom. The summed E-state index contributed by atoms with van der Waals surface area (Å²) in [7, 11) is 0. The molecule has 142 valence electrons. The van der Waals surface area contributed by atoms with Crippen molar-refractivity contribution in [1.29, 1.82) is 0 Å². The summed E-state index contributed by atoms with van der Waals surface area (Å²) < 4.78 is 0. The van der Waals surface area contributed by atoms with E-state index in [1.54, 1.807) is 18.6 Å². The van der Waals surface area contributed by atoms with Gasteiger partial charge in [-0.15, -0.1) is 0 Å². The molecule has 26 heavy (non-hydrogen) atoms. The van der Waals surface area contributed by atoms with Crippen LogP contribution in [0.1, 0.15) is 38.5 Å². The molecule has 1 saturated carbocycles. The van der Waals surface area contributed by atoms with Gasteiger partial charge in [0, 0.05) is 57.6 Å². The topological polar surface area (TPSA) is 90.5 Å². The first kappa shape index (κ1) is 18.4. The number of rotatable bonds is 5. The minimum Gasteiger partial charge on any atom is -0.352 e. The lowest BCUT2D eigenvalue weighted by molar-refractivity contribution is -0.131. The quantitative estimate of drug-likeness (QED) is 0.822. The second-order valence-electron chi connectivity index (χ2n) is 6.92. The third-order valence-corrected chi connectivity index (χ3v) is 5.07. The van der Waals surface area contributed by atoms with Crippen LogP contribution in [0.3, 0.4) is 0 Å². The van der Waals surface area contributed by atoms with E-state index in [-0.39, 0.29) is 18.0 Å². The highest BCUT2D eigenvalue weighted by atomic mass is 16.2. The van der Waals surface area contributed by atoms with Crippen molar-refractivity contribution in [3.8, 4) is 0 Å². The molecule has 2 aliphatic rings. The maximum absolute atomic E-state index is 12.3. The first-order valence-corrected chi connectivity index (χ1v) is 9.55. The number of urea groups is 1. The smallest absolute Gasteiger partial charge is 0.315 e. The third kappa shape index (κ3) is 5.31. The molecule has 0 aromatic carbocycles. The number of aromatic nitrogens is 2. The summed E-state index contributed by atoms with van der Waals surface area (Å²) in [5, 5.41) is 5.81. The van der Waals surface area contributed by atoms with Crippen LogP contribution in [0.2, 0.25) is 0 Å². The largest absolute Gasteiger partial charge is 0.352 e. The molecule has 1 aromatic rings. The Morgan fingerprint density at radius 3 is 2.54 bits per heavy atom. The van der Waals surface area contributed by atoms with E-state index < -0.39 is 0 Å². The molecule has 1 aliphatic carbocycles. The Bertz CT molecular complexity index is 583. The van der Waals surface area contributed by atoms with Crippen molar-refractivity contribution in [2.45, 2.75) is 44.6 Å². The summed E-state index contributed by atoms with van der Waals surface area (Å²) in [6.45, 7) is 3.22. The molecule has 2 heterocycles. The number of piperazine rings is 1. The fourth-order valence-electron chi connectivity index (χ4n) is 3.56. The van der Waals surface area contributed by atoms with Crippen molar-refractivity contribution in [3.05, 3.63) is 18.6 Å². The van der Waals surface area contributed by atoms with Gasteiger partial charge in [-0.3, -0.25) is 9.78 Å². The van der Waals surface area contributed by atoms with Crippen LogP contribution in [0.5, 0.6) is 0 Å². The summed E-state index contributed by atoms with van der Waals surface area (Å²) in [6, 6.07) is 0.130. The zero-order valence-electron chi connectivity index (χ0n) is 15.2. The Kier molecular flexibility index (Phi) is 6.62. The SMILES string of the molecule is O=C(NCCC(=O)N1CCN(c2cnccn2)CC1)NC1CCCCC1. The first-order valence-electron chi connectivity index (χ1n) is 9.55. The van der Waals surface area contributed by atoms with E-state index in [4.69, 9.17) is 0 Å². The Balaban J connectivity index is 1.32. The third-order valence-electron chi connectivity index (χ3n) is 5.07. The zero-order valence-corrected chi connectivity index (χ0v) is 15.2. The Labute approximate surface area is 154 Å². The summed E-state index contributed by atoms with van der Waals surface area (Å²) in [4.78, 5) is 36.6. The van der Waals surface area contributed by atoms with E-state index in [9.17, 15) is 9.59 Å². The normalized spacial score (nSPS) is 18.5. The van der Waals surface area contributed by atoms with Gasteiger partial charge in [-0.25, -0.2) is 9.78 Å². The predicted molar refractivity (Wildman–Crippen MR) is 98.8 cm³/mol. The van der Waals surface area contributed by atoms with Crippen molar-refractivity contribution in [2.75, 3.05) is 37.6 Å². The van der Waals surface area contributed by atoms with Crippen LogP contribution in [-0.2, 0) is 4.79 Å². The van der Waals surface area contributed by atoms with E-state index in [1.807, 2.05) is 4.90 Å². The fraction of sp³-hybridized carbons (Fsp3) is 0.667. The lowest BCUT2D eigenvalue weighted by Crippen LogP contribution is -2.50. The lowest BCUT2D eigenvalue weighted by atomic mass is 9.96. The number of nitrogens with zero attached hydrogens (tertiary/aromatic N) is 4. The molecule has 3 amide bonds. The molecular formula is C18H28N6O2. The van der Waals surface area contributed by atoms with Crippen LogP contribution in [-0.4, -0.2) is 65.6 Å². The van der Waals surface area contributed by atoms with Crippen LogP contribution in [0.15, 0.2) is 18.6 Å². The van der Waals surface area contributed by atoms with Gasteiger partial charge in [0.1, 0.15) is 5.82 Å². The number of amides is 3. The molecule has 2 N–H and O–H groups in total. The molecule has 8 heteroatoms. The molecule has 1 saturated heterocycles. The second-order valence-corrected chi connectivity index (χ2v) is 6.92. The summed E-state index contributed by atoms with van der Waals surface area (Å²) in [5.74, 6) is 0.933. The summed E-state index contributed by atoms with van der Waals surface area (Å²) >= 11 is 0. The monoisotopic (exact) mass is 360 g/mol. The first-order chi connectivity index (χ1) is 12.7. The number of carbonyl (C=O) groups is 2. The molecule has 3 rings (SSSR count). The zero-order chi connectivity index (χ0) is 18.2. The molecule has 8 nitrogen and oxygen atoms in total. The maximum atomic E-state index is 12.3. The van der Waals surface area contributed by atoms with E-state index in [1.165, 1.54) is 19.3 Å². The van der Waals surface area contributed by atoms with Gasteiger partial charge in [0.2, 0.25) is 5.91 Å². The molecule has 0 atom stereocenters. The average molecular weight is 360 g/mol. The number of hydrogen-bond acceptors (Lipinski definition) is 5. The van der Waals surface area contributed by atoms with E-state index in [0.29, 0.717) is 26.1 Å². The van der Waals surface area contributed by atoms with E-state index >= 15 is 0 Å². The highest BCUT2D eigenvalue weighted by Gasteiger charge is 2.22. The van der Waals surface area contributed by atoms with Crippen LogP contribution >= 0.6 is 0 Å². The molecule has 0 spiro atoms. The van der Waals surface area contributed by atoms with Gasteiger partial charge in [0.25, 0.3) is 0 Å². The number of hydrogen-bond donors (Lipinski definition) is 2. The number of anilines is 1. The van der Waals surface area contributed by atoms with Crippen LogP contribution in [0.25, 0.3) is 0 Å². The second kappa shape index (κ2) is 9.35. The molecular weight excluding hydrogens is 332 g/mol. The van der Waals surface area contributed by atoms with Crippen LogP contribution < -0.4 is 15.5 Å².